The Labute approximate surface area is 408 Å². The van der Waals surface area contributed by atoms with Crippen molar-refractivity contribution in [2.24, 2.45) is 0 Å². The van der Waals surface area contributed by atoms with Gasteiger partial charge >= 0.3 is 5.97 Å². The Balaban J connectivity index is 1.44. The van der Waals surface area contributed by atoms with Crippen LogP contribution in [0.3, 0.4) is 0 Å². The first kappa shape index (κ1) is 52.2. The zero-order valence-corrected chi connectivity index (χ0v) is 43.8. The Bertz CT molecular complexity index is 2160. The van der Waals surface area contributed by atoms with Crippen LogP contribution >= 0.6 is 56.7 Å². The molecule has 1 N–H and O–H groups in total. The average Bonchev–Trinajstić information content (AvgIpc) is 4.15. The molecular weight excluding hydrogens is 879 g/mol. The van der Waals surface area contributed by atoms with E-state index < -0.39 is 5.97 Å². The Morgan fingerprint density at radius 2 is 0.906 bits per heavy atom. The molecule has 0 atom stereocenters. The van der Waals surface area contributed by atoms with Gasteiger partial charge in [-0.3, -0.25) is 0 Å². The van der Waals surface area contributed by atoms with Crippen molar-refractivity contribution in [3.8, 4) is 45.1 Å². The third-order valence-corrected chi connectivity index (χ3v) is 18.8. The standard InChI is InChI=1S/C56H77NO2S5/c1-5-9-13-17-21-25-29-42-35-50(60-41-42)51-37-44(31-27-23-19-15-11-7-3)54(63-51)47-33-34-48(61-47)55-45(32-28-24-20-16-12-8-4)38-53(64-55)52-36-43(30-26-22-18-14-10-6-2)49(62-52)39-46(40-57)56(58)59/h33-39,41H,5-32H2,1-4H3,(H,58,59)/b46-39+. The maximum absolute atomic E-state index is 12.0. The highest BCUT2D eigenvalue weighted by Gasteiger charge is 2.21. The summed E-state index contributed by atoms with van der Waals surface area (Å²) in [5.74, 6) is -1.16. The summed E-state index contributed by atoms with van der Waals surface area (Å²) < 4.78 is 0. The summed E-state index contributed by atoms with van der Waals surface area (Å²) in [5.41, 5.74) is 5.43. The summed E-state index contributed by atoms with van der Waals surface area (Å²) >= 11 is 9.46. The second-order valence-electron chi connectivity index (χ2n) is 18.0. The van der Waals surface area contributed by atoms with Gasteiger partial charge in [0.15, 0.2) is 0 Å². The molecule has 5 aromatic rings. The van der Waals surface area contributed by atoms with E-state index in [9.17, 15) is 15.2 Å². The predicted octanol–water partition coefficient (Wildman–Crippen LogP) is 20.3. The lowest BCUT2D eigenvalue weighted by Gasteiger charge is -2.04. The van der Waals surface area contributed by atoms with Crippen molar-refractivity contribution in [1.29, 1.82) is 5.26 Å². The van der Waals surface area contributed by atoms with Gasteiger partial charge in [0, 0.05) is 43.9 Å². The lowest BCUT2D eigenvalue weighted by Crippen LogP contribution is -1.97. The van der Waals surface area contributed by atoms with Crippen LogP contribution in [0.15, 0.2) is 47.4 Å². The van der Waals surface area contributed by atoms with Crippen LogP contribution in [0.25, 0.3) is 45.1 Å². The molecule has 0 saturated carbocycles. The Kier molecular flexibility index (Phi) is 24.3. The highest BCUT2D eigenvalue weighted by Crippen LogP contribution is 2.49. The van der Waals surface area contributed by atoms with Gasteiger partial charge in [-0.05, 0) is 121 Å². The van der Waals surface area contributed by atoms with Gasteiger partial charge in [0.1, 0.15) is 11.6 Å². The number of hydrogen-bond donors (Lipinski definition) is 1. The first-order chi connectivity index (χ1) is 31.4. The Hall–Kier alpha value is -2.80. The largest absolute Gasteiger partial charge is 0.477 e. The van der Waals surface area contributed by atoms with Gasteiger partial charge in [0.2, 0.25) is 0 Å². The fourth-order valence-electron chi connectivity index (χ4n) is 8.66. The minimum Gasteiger partial charge on any atom is -0.477 e. The minimum absolute atomic E-state index is 0.195. The van der Waals surface area contributed by atoms with Gasteiger partial charge in [-0.2, -0.15) is 5.26 Å². The van der Waals surface area contributed by atoms with E-state index in [0.29, 0.717) is 0 Å². The van der Waals surface area contributed by atoms with Crippen molar-refractivity contribution >= 4 is 68.7 Å². The van der Waals surface area contributed by atoms with E-state index in [1.165, 1.54) is 215 Å². The van der Waals surface area contributed by atoms with Crippen molar-refractivity contribution in [3.63, 3.8) is 0 Å². The maximum Gasteiger partial charge on any atom is 0.346 e. The molecule has 348 valence electrons. The molecule has 0 aliphatic heterocycles. The van der Waals surface area contributed by atoms with Crippen LogP contribution in [-0.4, -0.2) is 11.1 Å². The molecule has 0 bridgehead atoms. The van der Waals surface area contributed by atoms with Gasteiger partial charge in [0.25, 0.3) is 0 Å². The summed E-state index contributed by atoms with van der Waals surface area (Å²) in [6.45, 7) is 9.12. The molecule has 3 nitrogen and oxygen atoms in total. The number of nitriles is 1. The van der Waals surface area contributed by atoms with Crippen LogP contribution in [0.4, 0.5) is 0 Å². The third-order valence-electron chi connectivity index (χ3n) is 12.5. The van der Waals surface area contributed by atoms with Gasteiger partial charge < -0.3 is 5.11 Å². The van der Waals surface area contributed by atoms with Gasteiger partial charge in [-0.1, -0.05) is 156 Å². The van der Waals surface area contributed by atoms with Crippen LogP contribution in [0.1, 0.15) is 209 Å². The summed E-state index contributed by atoms with van der Waals surface area (Å²) in [6, 6.07) is 16.5. The molecular formula is C56H77NO2S5. The molecule has 64 heavy (non-hydrogen) atoms. The Morgan fingerprint density at radius 3 is 1.38 bits per heavy atom. The van der Waals surface area contributed by atoms with E-state index in [1.54, 1.807) is 17.4 Å². The summed E-state index contributed by atoms with van der Waals surface area (Å²) in [5, 5.41) is 21.9. The van der Waals surface area contributed by atoms with Crippen LogP contribution in [0, 0.1) is 11.3 Å². The summed E-state index contributed by atoms with van der Waals surface area (Å²) in [7, 11) is 0. The number of hydrogen-bond acceptors (Lipinski definition) is 7. The SMILES string of the molecule is CCCCCCCCc1csc(-c2cc(CCCCCCCC)c(-c3ccc(-c4sc(-c5cc(CCCCCCCC)c(/C=C(\C#N)C(=O)O)s5)cc4CCCCCCCC)s3)s2)c1. The highest BCUT2D eigenvalue weighted by atomic mass is 32.1. The molecule has 0 spiro atoms. The van der Waals surface area contributed by atoms with Crippen molar-refractivity contribution in [1.82, 2.24) is 0 Å². The maximum atomic E-state index is 12.0. The zero-order chi connectivity index (χ0) is 45.4. The second kappa shape index (κ2) is 29.8. The average molecular weight is 957 g/mol. The van der Waals surface area contributed by atoms with Crippen LogP contribution in [0.2, 0.25) is 0 Å². The lowest BCUT2D eigenvalue weighted by molar-refractivity contribution is -0.132. The number of carbonyl (C=O) groups is 1. The lowest BCUT2D eigenvalue weighted by atomic mass is 10.0. The van der Waals surface area contributed by atoms with Crippen molar-refractivity contribution in [2.75, 3.05) is 0 Å². The molecule has 0 unspecified atom stereocenters. The molecule has 0 aliphatic rings. The predicted molar refractivity (Wildman–Crippen MR) is 287 cm³/mol. The number of thiophene rings is 5. The highest BCUT2D eigenvalue weighted by molar-refractivity contribution is 7.29. The summed E-state index contributed by atoms with van der Waals surface area (Å²) in [4.78, 5) is 23.8. The number of aryl methyl sites for hydroxylation is 4. The molecule has 5 rings (SSSR count). The van der Waals surface area contributed by atoms with Gasteiger partial charge in [0.05, 0.1) is 0 Å². The normalized spacial score (nSPS) is 11.8. The van der Waals surface area contributed by atoms with Crippen LogP contribution < -0.4 is 0 Å². The first-order valence-electron chi connectivity index (χ1n) is 25.3. The zero-order valence-electron chi connectivity index (χ0n) is 39.8. The number of aliphatic carboxylic acids is 1. The second-order valence-corrected chi connectivity index (χ2v) is 23.1. The third kappa shape index (κ3) is 16.8. The topological polar surface area (TPSA) is 61.1 Å². The molecule has 0 radical (unpaired) electrons. The molecule has 0 aliphatic carbocycles. The monoisotopic (exact) mass is 955 g/mol. The number of carboxylic acid groups (broad SMARTS) is 1. The molecule has 5 heterocycles. The molecule has 0 amide bonds. The first-order valence-corrected chi connectivity index (χ1v) is 29.4. The van der Waals surface area contributed by atoms with Crippen molar-refractivity contribution < 1.29 is 9.90 Å². The molecule has 0 saturated heterocycles. The van der Waals surface area contributed by atoms with E-state index in [4.69, 9.17) is 0 Å². The van der Waals surface area contributed by atoms with Crippen LogP contribution in [0.5, 0.6) is 0 Å². The number of unbranched alkanes of at least 4 members (excludes halogenated alkanes) is 20. The fourth-order valence-corrected chi connectivity index (χ4v) is 14.6. The van der Waals surface area contributed by atoms with Crippen molar-refractivity contribution in [2.45, 2.75) is 207 Å². The minimum atomic E-state index is -1.16. The number of carboxylic acids is 1. The quantitative estimate of drug-likeness (QED) is 0.0254. The van der Waals surface area contributed by atoms with E-state index in [0.717, 1.165) is 30.6 Å². The van der Waals surface area contributed by atoms with Crippen molar-refractivity contribution in [3.05, 3.63) is 74.5 Å². The number of rotatable bonds is 34. The van der Waals surface area contributed by atoms with E-state index in [1.807, 2.05) is 51.4 Å². The molecule has 0 fully saturated rings. The van der Waals surface area contributed by atoms with Gasteiger partial charge in [-0.15, -0.1) is 56.7 Å². The number of nitrogens with zero attached hydrogens (tertiary/aromatic N) is 1. The molecule has 8 heteroatoms. The van der Waals surface area contributed by atoms with Gasteiger partial charge in [-0.25, -0.2) is 4.79 Å². The summed E-state index contributed by atoms with van der Waals surface area (Å²) in [6.07, 6.45) is 36.7. The smallest absolute Gasteiger partial charge is 0.346 e. The molecule has 5 aromatic heterocycles. The van der Waals surface area contributed by atoms with Crippen LogP contribution in [-0.2, 0) is 30.5 Å². The van der Waals surface area contributed by atoms with E-state index >= 15 is 0 Å². The molecule has 0 aromatic carbocycles. The van der Waals surface area contributed by atoms with E-state index in [2.05, 4.69) is 69.5 Å². The Morgan fingerprint density at radius 1 is 0.500 bits per heavy atom. The fraction of sp³-hybridized carbons (Fsp3) is 0.571. The van der Waals surface area contributed by atoms with E-state index in [-0.39, 0.29) is 5.57 Å².